The summed E-state index contributed by atoms with van der Waals surface area (Å²) < 4.78 is 1.03. The van der Waals surface area contributed by atoms with Gasteiger partial charge < -0.3 is 16.3 Å². The first kappa shape index (κ1) is 13.8. The fraction of sp³-hybridized carbons (Fsp3) is 0.417. The Balaban J connectivity index is 2.76. The second kappa shape index (κ2) is 6.49. The third-order valence-electron chi connectivity index (χ3n) is 2.64. The molecule has 1 atom stereocenters. The number of oxime groups is 1. The van der Waals surface area contributed by atoms with Crippen LogP contribution in [0.25, 0.3) is 0 Å². The van der Waals surface area contributed by atoms with Gasteiger partial charge in [0.05, 0.1) is 0 Å². The Bertz CT molecular complexity index is 407. The molecule has 0 radical (unpaired) electrons. The van der Waals surface area contributed by atoms with E-state index in [4.69, 9.17) is 10.9 Å². The van der Waals surface area contributed by atoms with Crippen LogP contribution >= 0.6 is 15.9 Å². The van der Waals surface area contributed by atoms with Crippen LogP contribution in [-0.2, 0) is 0 Å². The number of rotatable bonds is 5. The maximum atomic E-state index is 8.57. The van der Waals surface area contributed by atoms with Gasteiger partial charge in [-0.1, -0.05) is 34.1 Å². The summed E-state index contributed by atoms with van der Waals surface area (Å²) in [5, 5.41) is 15.0. The molecule has 0 amide bonds. The number of nitrogens with two attached hydrogens (primary N) is 1. The Hall–Kier alpha value is -1.23. The van der Waals surface area contributed by atoms with Crippen molar-refractivity contribution in [3.8, 4) is 0 Å². The van der Waals surface area contributed by atoms with Gasteiger partial charge in [-0.2, -0.15) is 0 Å². The highest BCUT2D eigenvalue weighted by molar-refractivity contribution is 9.10. The van der Waals surface area contributed by atoms with Gasteiger partial charge in [0.2, 0.25) is 0 Å². The number of nitrogens with one attached hydrogen (secondary N) is 1. The van der Waals surface area contributed by atoms with Crippen molar-refractivity contribution >= 4 is 27.5 Å². The maximum Gasteiger partial charge on any atom is 0.141 e. The molecule has 4 nitrogen and oxygen atoms in total. The summed E-state index contributed by atoms with van der Waals surface area (Å²) in [6.45, 7) is 4.11. The number of aryl methyl sites for hydroxylation is 1. The van der Waals surface area contributed by atoms with Crippen LogP contribution in [0.5, 0.6) is 0 Å². The van der Waals surface area contributed by atoms with Gasteiger partial charge in [-0.3, -0.25) is 0 Å². The second-order valence-electron chi connectivity index (χ2n) is 4.00. The maximum absolute atomic E-state index is 8.57. The van der Waals surface area contributed by atoms with Gasteiger partial charge in [-0.25, -0.2) is 0 Å². The molecule has 0 heterocycles. The van der Waals surface area contributed by atoms with Gasteiger partial charge in [0.1, 0.15) is 5.84 Å². The summed E-state index contributed by atoms with van der Waals surface area (Å²) >= 11 is 3.44. The molecule has 0 aliphatic carbocycles. The van der Waals surface area contributed by atoms with E-state index < -0.39 is 0 Å². The van der Waals surface area contributed by atoms with E-state index >= 15 is 0 Å². The van der Waals surface area contributed by atoms with E-state index in [-0.39, 0.29) is 11.9 Å². The lowest BCUT2D eigenvalue weighted by Crippen LogP contribution is -2.26. The minimum Gasteiger partial charge on any atom is -0.409 e. The predicted octanol–water partition coefficient (Wildman–Crippen LogP) is 3.08. The zero-order valence-corrected chi connectivity index (χ0v) is 11.7. The average molecular weight is 300 g/mol. The molecule has 1 rings (SSSR count). The minimum atomic E-state index is 0.166. The number of amidine groups is 1. The van der Waals surface area contributed by atoms with Gasteiger partial charge in [0.25, 0.3) is 0 Å². The molecule has 0 saturated heterocycles. The monoisotopic (exact) mass is 299 g/mol. The lowest BCUT2D eigenvalue weighted by Gasteiger charge is -2.19. The van der Waals surface area contributed by atoms with Gasteiger partial charge in [0, 0.05) is 22.6 Å². The standard InChI is InChI=1S/C12H18BrN3O/c1-3-10(7-12(14)16-17)15-11-6-9(13)5-4-8(11)2/h4-6,10,15,17H,3,7H2,1-2H3,(H2,14,16). The van der Waals surface area contributed by atoms with E-state index in [1.165, 1.54) is 5.56 Å². The van der Waals surface area contributed by atoms with Gasteiger partial charge >= 0.3 is 0 Å². The summed E-state index contributed by atoms with van der Waals surface area (Å²) in [4.78, 5) is 0. The van der Waals surface area contributed by atoms with Crippen molar-refractivity contribution in [2.75, 3.05) is 5.32 Å². The zero-order valence-electron chi connectivity index (χ0n) is 10.1. The molecule has 0 aliphatic rings. The van der Waals surface area contributed by atoms with Crippen molar-refractivity contribution in [1.82, 2.24) is 0 Å². The molecule has 0 fully saturated rings. The topological polar surface area (TPSA) is 70.6 Å². The highest BCUT2D eigenvalue weighted by Gasteiger charge is 2.10. The first-order chi connectivity index (χ1) is 8.06. The molecule has 0 bridgehead atoms. The average Bonchev–Trinajstić information content (AvgIpc) is 2.32. The van der Waals surface area contributed by atoms with Crippen molar-refractivity contribution < 1.29 is 5.21 Å². The molecule has 0 aromatic heterocycles. The fourth-order valence-corrected chi connectivity index (χ4v) is 1.92. The van der Waals surface area contributed by atoms with Crippen LogP contribution in [0.15, 0.2) is 27.8 Å². The molecule has 0 saturated carbocycles. The summed E-state index contributed by atoms with van der Waals surface area (Å²) in [5.74, 6) is 0.247. The molecule has 1 aromatic carbocycles. The van der Waals surface area contributed by atoms with Crippen molar-refractivity contribution in [2.24, 2.45) is 10.9 Å². The SMILES string of the molecule is CCC(CC(N)=NO)Nc1cc(Br)ccc1C. The fourth-order valence-electron chi connectivity index (χ4n) is 1.56. The van der Waals surface area contributed by atoms with Crippen LogP contribution in [0.1, 0.15) is 25.3 Å². The molecule has 94 valence electrons. The smallest absolute Gasteiger partial charge is 0.141 e. The normalized spacial score (nSPS) is 13.5. The van der Waals surface area contributed by atoms with Crippen LogP contribution in [0, 0.1) is 6.92 Å². The number of nitrogens with zero attached hydrogens (tertiary/aromatic N) is 1. The van der Waals surface area contributed by atoms with Gasteiger partial charge in [-0.15, -0.1) is 0 Å². The third kappa shape index (κ3) is 4.26. The first-order valence-electron chi connectivity index (χ1n) is 5.56. The largest absolute Gasteiger partial charge is 0.409 e. The number of halogens is 1. The van der Waals surface area contributed by atoms with Gasteiger partial charge in [0.15, 0.2) is 0 Å². The number of hydrogen-bond donors (Lipinski definition) is 3. The van der Waals surface area contributed by atoms with Crippen LogP contribution in [0.4, 0.5) is 5.69 Å². The Morgan fingerprint density at radius 3 is 2.88 bits per heavy atom. The van der Waals surface area contributed by atoms with Crippen molar-refractivity contribution in [2.45, 2.75) is 32.7 Å². The molecule has 0 spiro atoms. The number of hydrogen-bond acceptors (Lipinski definition) is 3. The number of benzene rings is 1. The van der Waals surface area contributed by atoms with Crippen molar-refractivity contribution in [3.63, 3.8) is 0 Å². The van der Waals surface area contributed by atoms with Crippen LogP contribution in [0.3, 0.4) is 0 Å². The van der Waals surface area contributed by atoms with E-state index in [1.807, 2.05) is 25.1 Å². The van der Waals surface area contributed by atoms with Crippen LogP contribution < -0.4 is 11.1 Å². The highest BCUT2D eigenvalue weighted by Crippen LogP contribution is 2.22. The first-order valence-corrected chi connectivity index (χ1v) is 6.35. The zero-order chi connectivity index (χ0) is 12.8. The van der Waals surface area contributed by atoms with Crippen molar-refractivity contribution in [1.29, 1.82) is 0 Å². The molecule has 1 unspecified atom stereocenters. The van der Waals surface area contributed by atoms with E-state index in [1.54, 1.807) is 0 Å². The quantitative estimate of drug-likeness (QED) is 0.339. The minimum absolute atomic E-state index is 0.166. The Morgan fingerprint density at radius 2 is 2.29 bits per heavy atom. The van der Waals surface area contributed by atoms with Crippen molar-refractivity contribution in [3.05, 3.63) is 28.2 Å². The summed E-state index contributed by atoms with van der Waals surface area (Å²) in [5.41, 5.74) is 7.76. The summed E-state index contributed by atoms with van der Waals surface area (Å²) in [6.07, 6.45) is 1.43. The Kier molecular flexibility index (Phi) is 5.28. The molecule has 0 aliphatic heterocycles. The lowest BCUT2D eigenvalue weighted by atomic mass is 10.1. The molecular formula is C12H18BrN3O. The Morgan fingerprint density at radius 1 is 1.59 bits per heavy atom. The van der Waals surface area contributed by atoms with Crippen LogP contribution in [-0.4, -0.2) is 17.1 Å². The molecular weight excluding hydrogens is 282 g/mol. The molecule has 5 heteroatoms. The number of anilines is 1. The lowest BCUT2D eigenvalue weighted by molar-refractivity contribution is 0.316. The molecule has 4 N–H and O–H groups in total. The summed E-state index contributed by atoms with van der Waals surface area (Å²) in [7, 11) is 0. The van der Waals surface area contributed by atoms with E-state index in [0.717, 1.165) is 16.6 Å². The van der Waals surface area contributed by atoms with E-state index in [9.17, 15) is 0 Å². The predicted molar refractivity (Wildman–Crippen MR) is 74.6 cm³/mol. The third-order valence-corrected chi connectivity index (χ3v) is 3.13. The van der Waals surface area contributed by atoms with Gasteiger partial charge in [-0.05, 0) is 31.0 Å². The summed E-state index contributed by atoms with van der Waals surface area (Å²) in [6, 6.07) is 6.25. The highest BCUT2D eigenvalue weighted by atomic mass is 79.9. The molecule has 1 aromatic rings. The van der Waals surface area contributed by atoms with Crippen LogP contribution in [0.2, 0.25) is 0 Å². The van der Waals surface area contributed by atoms with E-state index in [0.29, 0.717) is 6.42 Å². The Labute approximate surface area is 110 Å². The van der Waals surface area contributed by atoms with E-state index in [2.05, 4.69) is 33.3 Å². The second-order valence-corrected chi connectivity index (χ2v) is 4.92. The molecule has 17 heavy (non-hydrogen) atoms.